The smallest absolute Gasteiger partial charge is 0.462 e. The average molecular weight is 988 g/mol. The number of hydrogen-bond acceptors (Lipinski definition) is 8. The molecule has 0 saturated carbocycles. The molecule has 400 valence electrons. The van der Waals surface area contributed by atoms with Gasteiger partial charge in [-0.25, -0.2) is 4.57 Å². The minimum Gasteiger partial charge on any atom is -0.462 e. The van der Waals surface area contributed by atoms with E-state index in [-0.39, 0.29) is 38.6 Å². The second kappa shape index (κ2) is 54.8. The van der Waals surface area contributed by atoms with Crippen molar-refractivity contribution < 1.29 is 37.6 Å². The first-order valence-electron chi connectivity index (χ1n) is 28.4. The van der Waals surface area contributed by atoms with E-state index < -0.39 is 26.5 Å². The molecule has 0 heterocycles. The van der Waals surface area contributed by atoms with E-state index >= 15 is 0 Å². The fourth-order valence-electron chi connectivity index (χ4n) is 7.89. The molecule has 10 heteroatoms. The zero-order chi connectivity index (χ0) is 50.2. The zero-order valence-corrected chi connectivity index (χ0v) is 45.4. The molecule has 69 heavy (non-hydrogen) atoms. The minimum atomic E-state index is -4.39. The van der Waals surface area contributed by atoms with Crippen molar-refractivity contribution in [2.45, 2.75) is 264 Å². The van der Waals surface area contributed by atoms with Crippen molar-refractivity contribution in [3.8, 4) is 0 Å². The highest BCUT2D eigenvalue weighted by atomic mass is 31.2. The fraction of sp³-hybridized carbons (Fsp3) is 0.763. The summed E-state index contributed by atoms with van der Waals surface area (Å²) in [5.41, 5.74) is 5.38. The molecular formula is C59H106NO8P. The third-order valence-electron chi connectivity index (χ3n) is 12.1. The third-order valence-corrected chi connectivity index (χ3v) is 13.1. The topological polar surface area (TPSA) is 134 Å². The van der Waals surface area contributed by atoms with Crippen molar-refractivity contribution in [3.05, 3.63) is 72.9 Å². The van der Waals surface area contributed by atoms with Gasteiger partial charge in [-0.3, -0.25) is 18.6 Å². The Balaban J connectivity index is 3.98. The van der Waals surface area contributed by atoms with Crippen molar-refractivity contribution in [1.82, 2.24) is 0 Å². The van der Waals surface area contributed by atoms with Gasteiger partial charge in [0.2, 0.25) is 0 Å². The van der Waals surface area contributed by atoms with Crippen molar-refractivity contribution in [1.29, 1.82) is 0 Å². The van der Waals surface area contributed by atoms with Crippen LogP contribution in [0.5, 0.6) is 0 Å². The van der Waals surface area contributed by atoms with Crippen LogP contribution in [0.4, 0.5) is 0 Å². The summed E-state index contributed by atoms with van der Waals surface area (Å²) < 4.78 is 33.0. The number of unbranched alkanes of at least 4 members (excludes halogenated alkanes) is 28. The van der Waals surface area contributed by atoms with Crippen LogP contribution in [0.15, 0.2) is 72.9 Å². The summed E-state index contributed by atoms with van der Waals surface area (Å²) in [4.78, 5) is 35.2. The Morgan fingerprint density at radius 2 is 0.797 bits per heavy atom. The van der Waals surface area contributed by atoms with Crippen LogP contribution in [0.3, 0.4) is 0 Å². The van der Waals surface area contributed by atoms with Gasteiger partial charge in [0.25, 0.3) is 0 Å². The Bertz CT molecular complexity index is 1360. The van der Waals surface area contributed by atoms with Crippen molar-refractivity contribution in [2.24, 2.45) is 5.73 Å². The van der Waals surface area contributed by atoms with Crippen molar-refractivity contribution in [3.63, 3.8) is 0 Å². The van der Waals surface area contributed by atoms with Gasteiger partial charge in [0.1, 0.15) is 6.61 Å². The number of carbonyl (C=O) groups is 2. The number of ether oxygens (including phenoxy) is 2. The van der Waals surface area contributed by atoms with E-state index in [2.05, 4.69) is 86.8 Å². The first-order valence-corrected chi connectivity index (χ1v) is 29.9. The summed E-state index contributed by atoms with van der Waals surface area (Å²) >= 11 is 0. The number of phosphoric acid groups is 1. The monoisotopic (exact) mass is 988 g/mol. The van der Waals surface area contributed by atoms with E-state index in [4.69, 9.17) is 24.3 Å². The number of hydrogen-bond donors (Lipinski definition) is 2. The van der Waals surface area contributed by atoms with Crippen LogP contribution in [0.1, 0.15) is 258 Å². The van der Waals surface area contributed by atoms with E-state index in [1.165, 1.54) is 148 Å². The number of carbonyl (C=O) groups excluding carboxylic acids is 2. The van der Waals surface area contributed by atoms with Crippen molar-refractivity contribution in [2.75, 3.05) is 26.4 Å². The summed E-state index contributed by atoms with van der Waals surface area (Å²) in [6, 6.07) is 0. The Morgan fingerprint density at radius 1 is 0.449 bits per heavy atom. The molecule has 2 unspecified atom stereocenters. The number of rotatable bonds is 53. The first-order chi connectivity index (χ1) is 33.8. The molecule has 0 bridgehead atoms. The van der Waals surface area contributed by atoms with E-state index in [0.29, 0.717) is 6.42 Å². The minimum absolute atomic E-state index is 0.0496. The molecule has 9 nitrogen and oxygen atoms in total. The Hall–Kier alpha value is -2.55. The highest BCUT2D eigenvalue weighted by molar-refractivity contribution is 7.47. The molecule has 2 atom stereocenters. The number of allylic oxidation sites excluding steroid dienone is 12. The van der Waals surface area contributed by atoms with Gasteiger partial charge in [-0.1, -0.05) is 234 Å². The van der Waals surface area contributed by atoms with Crippen LogP contribution in [0, 0.1) is 0 Å². The van der Waals surface area contributed by atoms with Crippen LogP contribution >= 0.6 is 7.82 Å². The van der Waals surface area contributed by atoms with E-state index in [1.807, 2.05) is 0 Å². The fourth-order valence-corrected chi connectivity index (χ4v) is 8.66. The quantitative estimate of drug-likeness (QED) is 0.0264. The summed E-state index contributed by atoms with van der Waals surface area (Å²) in [6.07, 6.45) is 69.5. The van der Waals surface area contributed by atoms with Crippen LogP contribution in [0.25, 0.3) is 0 Å². The van der Waals surface area contributed by atoms with Gasteiger partial charge in [0.05, 0.1) is 13.2 Å². The Morgan fingerprint density at radius 3 is 1.19 bits per heavy atom. The van der Waals surface area contributed by atoms with Gasteiger partial charge in [-0.05, 0) is 83.5 Å². The van der Waals surface area contributed by atoms with Gasteiger partial charge >= 0.3 is 19.8 Å². The maximum Gasteiger partial charge on any atom is 0.472 e. The zero-order valence-electron chi connectivity index (χ0n) is 44.5. The van der Waals surface area contributed by atoms with Gasteiger partial charge in [0, 0.05) is 19.4 Å². The molecule has 0 amide bonds. The second-order valence-corrected chi connectivity index (χ2v) is 20.2. The molecule has 0 aromatic rings. The van der Waals surface area contributed by atoms with E-state index in [9.17, 15) is 19.0 Å². The molecule has 0 spiro atoms. The largest absolute Gasteiger partial charge is 0.472 e. The van der Waals surface area contributed by atoms with Crippen LogP contribution in [0.2, 0.25) is 0 Å². The van der Waals surface area contributed by atoms with Gasteiger partial charge in [-0.15, -0.1) is 0 Å². The van der Waals surface area contributed by atoms with E-state index in [0.717, 1.165) is 77.0 Å². The molecular weight excluding hydrogens is 882 g/mol. The molecule has 0 saturated heterocycles. The maximum absolute atomic E-state index is 12.7. The van der Waals surface area contributed by atoms with Crippen molar-refractivity contribution >= 4 is 19.8 Å². The lowest BCUT2D eigenvalue weighted by Gasteiger charge is -2.19. The molecule has 0 radical (unpaired) electrons. The summed E-state index contributed by atoms with van der Waals surface area (Å²) in [5, 5.41) is 0. The standard InChI is InChI=1S/C59H106NO8P/c1-3-5-7-9-11-13-15-17-19-21-23-25-26-27-28-29-30-32-33-35-37-39-41-43-45-47-49-51-58(61)65-55-57(56-67-69(63,64)66-54-53-60)68-59(62)52-50-48-46-44-42-40-38-36-34-31-24-22-20-18-16-14-12-10-8-6-4-2/h6,8,12,14-15,17-18,20-21,23-24,31,57H,3-5,7,9-11,13,16,19,22,25-30,32-56,60H2,1-2H3,(H,63,64)/b8-6-,14-12-,17-15-,20-18-,23-21-,31-24-. The lowest BCUT2D eigenvalue weighted by Crippen LogP contribution is -2.29. The first kappa shape index (κ1) is 66.5. The van der Waals surface area contributed by atoms with Gasteiger partial charge in [0.15, 0.2) is 6.10 Å². The summed E-state index contributed by atoms with van der Waals surface area (Å²) in [7, 11) is -4.39. The predicted octanol–water partition coefficient (Wildman–Crippen LogP) is 17.7. The molecule has 0 rings (SSSR count). The molecule has 0 fully saturated rings. The lowest BCUT2D eigenvalue weighted by molar-refractivity contribution is -0.161. The second-order valence-electron chi connectivity index (χ2n) is 18.8. The number of phosphoric ester groups is 1. The van der Waals surface area contributed by atoms with Crippen LogP contribution in [-0.4, -0.2) is 49.3 Å². The molecule has 0 aliphatic heterocycles. The highest BCUT2D eigenvalue weighted by Crippen LogP contribution is 2.43. The van der Waals surface area contributed by atoms with Crippen LogP contribution in [-0.2, 0) is 32.7 Å². The average Bonchev–Trinajstić information content (AvgIpc) is 3.34. The maximum atomic E-state index is 12.7. The molecule has 3 N–H and O–H groups in total. The highest BCUT2D eigenvalue weighted by Gasteiger charge is 2.26. The van der Waals surface area contributed by atoms with Crippen LogP contribution < -0.4 is 5.73 Å². The Kier molecular flexibility index (Phi) is 52.8. The predicted molar refractivity (Wildman–Crippen MR) is 293 cm³/mol. The molecule has 0 aliphatic rings. The van der Waals surface area contributed by atoms with Gasteiger partial charge < -0.3 is 20.1 Å². The third kappa shape index (κ3) is 54.6. The molecule has 0 aliphatic carbocycles. The van der Waals surface area contributed by atoms with E-state index in [1.54, 1.807) is 0 Å². The van der Waals surface area contributed by atoms with Gasteiger partial charge in [-0.2, -0.15) is 0 Å². The number of esters is 2. The summed E-state index contributed by atoms with van der Waals surface area (Å²) in [5.74, 6) is -0.833. The number of nitrogens with two attached hydrogens (primary N) is 1. The normalized spacial score (nSPS) is 13.6. The Labute approximate surface area is 424 Å². The summed E-state index contributed by atoms with van der Waals surface area (Å²) in [6.45, 7) is 3.63. The molecule has 0 aromatic carbocycles. The molecule has 0 aromatic heterocycles. The SMILES string of the molecule is CC/C=C\C/C=C\C/C=C\C/C=C\CCCCCCCCCCC(=O)OC(COC(=O)CCCCCCCCCCCCCCCCC/C=C\C/C=C\CCCCCCC)COP(=O)(O)OCCN. The lowest BCUT2D eigenvalue weighted by atomic mass is 10.0.